The van der Waals surface area contributed by atoms with E-state index in [1.165, 1.54) is 13.0 Å². The van der Waals surface area contributed by atoms with Crippen LogP contribution >= 0.6 is 0 Å². The van der Waals surface area contributed by atoms with Crippen molar-refractivity contribution < 1.29 is 4.79 Å². The fourth-order valence-corrected chi connectivity index (χ4v) is 2.08. The number of hydrogen-bond donors (Lipinski definition) is 2. The number of hydrogen-bond acceptors (Lipinski definition) is 3. The van der Waals surface area contributed by atoms with Crippen molar-refractivity contribution in [1.29, 1.82) is 0 Å². The molecular formula is C11H23N3O. The molecule has 0 radical (unpaired) electrons. The van der Waals surface area contributed by atoms with E-state index < -0.39 is 0 Å². The monoisotopic (exact) mass is 213 g/mol. The molecule has 1 aliphatic heterocycles. The van der Waals surface area contributed by atoms with Crippen LogP contribution in [0.5, 0.6) is 0 Å². The van der Waals surface area contributed by atoms with Crippen LogP contribution in [0.4, 0.5) is 0 Å². The second-order valence-electron chi connectivity index (χ2n) is 4.60. The van der Waals surface area contributed by atoms with Gasteiger partial charge in [-0.15, -0.1) is 0 Å². The largest absolute Gasteiger partial charge is 0.369 e. The van der Waals surface area contributed by atoms with Crippen LogP contribution in [0.1, 0.15) is 33.1 Å². The molecule has 88 valence electrons. The van der Waals surface area contributed by atoms with Crippen molar-refractivity contribution in [2.24, 2.45) is 5.73 Å². The first-order valence-electron chi connectivity index (χ1n) is 5.85. The smallest absolute Gasteiger partial charge is 0.231 e. The Hall–Kier alpha value is -0.610. The Labute approximate surface area is 92.2 Å². The second kappa shape index (κ2) is 6.08. The Morgan fingerprint density at radius 1 is 1.47 bits per heavy atom. The van der Waals surface area contributed by atoms with Gasteiger partial charge in [0, 0.05) is 12.1 Å². The molecule has 15 heavy (non-hydrogen) atoms. The molecule has 4 nitrogen and oxygen atoms in total. The number of nitrogens with zero attached hydrogens (tertiary/aromatic N) is 1. The van der Waals surface area contributed by atoms with Gasteiger partial charge < -0.3 is 16.0 Å². The lowest BCUT2D eigenvalue weighted by Crippen LogP contribution is -2.37. The lowest BCUT2D eigenvalue weighted by atomic mass is 10.1. The topological polar surface area (TPSA) is 58.4 Å². The maximum atomic E-state index is 10.6. The zero-order valence-electron chi connectivity index (χ0n) is 9.83. The van der Waals surface area contributed by atoms with Crippen LogP contribution in [-0.4, -0.2) is 42.5 Å². The van der Waals surface area contributed by atoms with E-state index in [0.717, 1.165) is 19.4 Å². The highest BCUT2D eigenvalue weighted by molar-refractivity contribution is 5.75. The minimum Gasteiger partial charge on any atom is -0.369 e. The molecule has 0 saturated carbocycles. The maximum Gasteiger partial charge on any atom is 0.231 e. The summed E-state index contributed by atoms with van der Waals surface area (Å²) in [5, 5.41) is 3.22. The molecule has 0 aromatic heterocycles. The molecule has 1 saturated heterocycles. The molecule has 1 aliphatic rings. The van der Waals surface area contributed by atoms with Crippen LogP contribution in [0, 0.1) is 0 Å². The predicted octanol–water partition coefficient (Wildman–Crippen LogP) is 0.324. The first kappa shape index (κ1) is 12.5. The minimum atomic E-state index is -0.264. The third-order valence-electron chi connectivity index (χ3n) is 3.06. The normalized spacial score (nSPS) is 24.1. The SMILES string of the molecule is CC(C)N1CCCC(NCC(N)=O)CC1. The van der Waals surface area contributed by atoms with Gasteiger partial charge in [0.15, 0.2) is 0 Å². The van der Waals surface area contributed by atoms with Crippen LogP contribution in [0.15, 0.2) is 0 Å². The highest BCUT2D eigenvalue weighted by atomic mass is 16.1. The van der Waals surface area contributed by atoms with Crippen molar-refractivity contribution in [3.05, 3.63) is 0 Å². The van der Waals surface area contributed by atoms with Gasteiger partial charge in [0.25, 0.3) is 0 Å². The summed E-state index contributed by atoms with van der Waals surface area (Å²) in [6.07, 6.45) is 3.47. The van der Waals surface area contributed by atoms with E-state index in [1.54, 1.807) is 0 Å². The Morgan fingerprint density at radius 3 is 2.80 bits per heavy atom. The summed E-state index contributed by atoms with van der Waals surface area (Å²) >= 11 is 0. The third kappa shape index (κ3) is 4.62. The van der Waals surface area contributed by atoms with E-state index in [1.807, 2.05) is 0 Å². The first-order valence-corrected chi connectivity index (χ1v) is 5.85. The van der Waals surface area contributed by atoms with E-state index in [4.69, 9.17) is 5.73 Å². The van der Waals surface area contributed by atoms with E-state index in [2.05, 4.69) is 24.1 Å². The standard InChI is InChI=1S/C11H23N3O/c1-9(2)14-6-3-4-10(5-7-14)13-8-11(12)15/h9-10,13H,3-8H2,1-2H3,(H2,12,15). The number of nitrogens with one attached hydrogen (secondary N) is 1. The highest BCUT2D eigenvalue weighted by Crippen LogP contribution is 2.12. The van der Waals surface area contributed by atoms with E-state index >= 15 is 0 Å². The van der Waals surface area contributed by atoms with Gasteiger partial charge in [-0.3, -0.25) is 4.79 Å². The quantitative estimate of drug-likeness (QED) is 0.707. The Balaban J connectivity index is 2.29. The molecule has 0 bridgehead atoms. The molecule has 1 amide bonds. The fourth-order valence-electron chi connectivity index (χ4n) is 2.08. The summed E-state index contributed by atoms with van der Waals surface area (Å²) in [6.45, 7) is 7.07. The number of carbonyl (C=O) groups excluding carboxylic acids is 1. The lowest BCUT2D eigenvalue weighted by molar-refractivity contribution is -0.117. The van der Waals surface area contributed by atoms with Crippen molar-refractivity contribution in [2.45, 2.75) is 45.2 Å². The van der Waals surface area contributed by atoms with Crippen LogP contribution in [0.2, 0.25) is 0 Å². The van der Waals surface area contributed by atoms with Gasteiger partial charge in [-0.1, -0.05) is 0 Å². The molecule has 1 heterocycles. The zero-order valence-corrected chi connectivity index (χ0v) is 9.83. The van der Waals surface area contributed by atoms with Crippen LogP contribution < -0.4 is 11.1 Å². The zero-order chi connectivity index (χ0) is 11.3. The lowest BCUT2D eigenvalue weighted by Gasteiger charge is -2.24. The van der Waals surface area contributed by atoms with Crippen LogP contribution in [0.25, 0.3) is 0 Å². The Bertz CT molecular complexity index is 206. The average molecular weight is 213 g/mol. The summed E-state index contributed by atoms with van der Waals surface area (Å²) in [5.41, 5.74) is 5.11. The number of carbonyl (C=O) groups is 1. The molecule has 4 heteroatoms. The maximum absolute atomic E-state index is 10.6. The molecule has 1 fully saturated rings. The Morgan fingerprint density at radius 2 is 2.20 bits per heavy atom. The van der Waals surface area contributed by atoms with Crippen molar-refractivity contribution in [3.8, 4) is 0 Å². The highest BCUT2D eigenvalue weighted by Gasteiger charge is 2.18. The van der Waals surface area contributed by atoms with Gasteiger partial charge >= 0.3 is 0 Å². The first-order chi connectivity index (χ1) is 7.09. The molecule has 0 aromatic rings. The van der Waals surface area contributed by atoms with Gasteiger partial charge in [-0.05, 0) is 46.2 Å². The number of rotatable bonds is 4. The molecular weight excluding hydrogens is 190 g/mol. The Kier molecular flexibility index (Phi) is 5.05. The summed E-state index contributed by atoms with van der Waals surface area (Å²) in [6, 6.07) is 1.08. The molecule has 0 aromatic carbocycles. The van der Waals surface area contributed by atoms with Gasteiger partial charge in [-0.2, -0.15) is 0 Å². The average Bonchev–Trinajstić information content (AvgIpc) is 2.39. The van der Waals surface area contributed by atoms with Gasteiger partial charge in [0.05, 0.1) is 6.54 Å². The van der Waals surface area contributed by atoms with Gasteiger partial charge in [-0.25, -0.2) is 0 Å². The van der Waals surface area contributed by atoms with Crippen molar-refractivity contribution in [3.63, 3.8) is 0 Å². The summed E-state index contributed by atoms with van der Waals surface area (Å²) in [7, 11) is 0. The molecule has 1 unspecified atom stereocenters. The predicted molar refractivity (Wildman–Crippen MR) is 61.5 cm³/mol. The summed E-state index contributed by atoms with van der Waals surface area (Å²) in [5.74, 6) is -0.264. The molecule has 0 spiro atoms. The minimum absolute atomic E-state index is 0.264. The van der Waals surface area contributed by atoms with E-state index in [9.17, 15) is 4.79 Å². The fraction of sp³-hybridized carbons (Fsp3) is 0.909. The number of likely N-dealkylation sites (tertiary alicyclic amines) is 1. The number of amides is 1. The van der Waals surface area contributed by atoms with Gasteiger partial charge in [0.2, 0.25) is 5.91 Å². The molecule has 1 rings (SSSR count). The second-order valence-corrected chi connectivity index (χ2v) is 4.60. The van der Waals surface area contributed by atoms with Crippen molar-refractivity contribution >= 4 is 5.91 Å². The van der Waals surface area contributed by atoms with E-state index in [0.29, 0.717) is 18.6 Å². The number of primary amides is 1. The third-order valence-corrected chi connectivity index (χ3v) is 3.06. The van der Waals surface area contributed by atoms with E-state index in [-0.39, 0.29) is 5.91 Å². The van der Waals surface area contributed by atoms with Gasteiger partial charge in [0.1, 0.15) is 0 Å². The number of nitrogens with two attached hydrogens (primary N) is 1. The molecule has 0 aliphatic carbocycles. The van der Waals surface area contributed by atoms with Crippen molar-refractivity contribution in [1.82, 2.24) is 10.2 Å². The van der Waals surface area contributed by atoms with Crippen LogP contribution in [-0.2, 0) is 4.79 Å². The van der Waals surface area contributed by atoms with Crippen LogP contribution in [0.3, 0.4) is 0 Å². The van der Waals surface area contributed by atoms with Crippen molar-refractivity contribution in [2.75, 3.05) is 19.6 Å². The molecule has 3 N–H and O–H groups in total. The summed E-state index contributed by atoms with van der Waals surface area (Å²) < 4.78 is 0. The summed E-state index contributed by atoms with van der Waals surface area (Å²) in [4.78, 5) is 13.1. The molecule has 1 atom stereocenters.